The third kappa shape index (κ3) is 4.82. The number of urea groups is 1. The van der Waals surface area contributed by atoms with Crippen molar-refractivity contribution in [3.8, 4) is 0 Å². The van der Waals surface area contributed by atoms with E-state index in [1.54, 1.807) is 24.9 Å². The Bertz CT molecular complexity index is 430. The van der Waals surface area contributed by atoms with E-state index in [1.165, 1.54) is 4.90 Å². The molecule has 1 aromatic rings. The third-order valence-electron chi connectivity index (χ3n) is 3.06. The number of aryl methyl sites for hydroxylation is 1. The van der Waals surface area contributed by atoms with Gasteiger partial charge in [0.15, 0.2) is 0 Å². The highest BCUT2D eigenvalue weighted by atomic mass is 16.3. The Morgan fingerprint density at radius 3 is 2.60 bits per heavy atom. The van der Waals surface area contributed by atoms with Gasteiger partial charge in [-0.25, -0.2) is 4.79 Å². The molecule has 0 saturated carbocycles. The summed E-state index contributed by atoms with van der Waals surface area (Å²) in [5.41, 5.74) is 1.05. The van der Waals surface area contributed by atoms with Gasteiger partial charge >= 0.3 is 6.03 Å². The van der Waals surface area contributed by atoms with Crippen LogP contribution in [0, 0.1) is 0 Å². The average molecular weight is 283 g/mol. The average Bonchev–Trinajstić information content (AvgIpc) is 2.74. The second kappa shape index (κ2) is 7.25. The largest absolute Gasteiger partial charge is 0.392 e. The molecule has 20 heavy (non-hydrogen) atoms. The molecule has 0 aliphatic heterocycles. The van der Waals surface area contributed by atoms with Gasteiger partial charge in [0.25, 0.3) is 0 Å². The first-order valence-electron chi connectivity index (χ1n) is 6.63. The van der Waals surface area contributed by atoms with E-state index in [0.29, 0.717) is 13.1 Å². The lowest BCUT2D eigenvalue weighted by molar-refractivity contribution is 0.142. The molecule has 2 amide bonds. The molecule has 1 aromatic heterocycles. The minimum Gasteiger partial charge on any atom is -0.392 e. The Kier molecular flexibility index (Phi) is 5.97. The first-order chi connectivity index (χ1) is 9.31. The van der Waals surface area contributed by atoms with Gasteiger partial charge < -0.3 is 20.2 Å². The van der Waals surface area contributed by atoms with E-state index in [9.17, 15) is 9.90 Å². The summed E-state index contributed by atoms with van der Waals surface area (Å²) in [6.07, 6.45) is 3.21. The van der Waals surface area contributed by atoms with Crippen LogP contribution < -0.4 is 5.32 Å². The van der Waals surface area contributed by atoms with E-state index < -0.39 is 6.10 Å². The zero-order chi connectivity index (χ0) is 15.3. The number of hydrogen-bond donors (Lipinski definition) is 2. The van der Waals surface area contributed by atoms with Crippen molar-refractivity contribution in [3.05, 3.63) is 18.0 Å². The first-order valence-corrected chi connectivity index (χ1v) is 6.63. The van der Waals surface area contributed by atoms with Crippen LogP contribution >= 0.6 is 0 Å². The van der Waals surface area contributed by atoms with Crippen LogP contribution in [0.2, 0.25) is 0 Å². The summed E-state index contributed by atoms with van der Waals surface area (Å²) < 4.78 is 1.74. The normalized spacial score (nSPS) is 14.2. The maximum absolute atomic E-state index is 11.9. The minimum atomic E-state index is -0.534. The van der Waals surface area contributed by atoms with E-state index in [-0.39, 0.29) is 12.1 Å². The molecule has 2 atom stereocenters. The van der Waals surface area contributed by atoms with Crippen molar-refractivity contribution in [1.29, 1.82) is 0 Å². The summed E-state index contributed by atoms with van der Waals surface area (Å²) in [5, 5.41) is 16.3. The first kappa shape index (κ1) is 16.5. The van der Waals surface area contributed by atoms with Gasteiger partial charge in [-0.05, 0) is 21.0 Å². The lowest BCUT2D eigenvalue weighted by atomic mass is 10.1. The van der Waals surface area contributed by atoms with Gasteiger partial charge in [0.05, 0.1) is 18.3 Å². The molecule has 7 nitrogen and oxygen atoms in total. The fourth-order valence-electron chi connectivity index (χ4n) is 2.01. The Hall–Kier alpha value is -1.60. The Morgan fingerprint density at radius 2 is 2.15 bits per heavy atom. The summed E-state index contributed by atoms with van der Waals surface area (Å²) in [6.45, 7) is 2.45. The van der Waals surface area contributed by atoms with Crippen LogP contribution in [-0.2, 0) is 7.05 Å². The monoisotopic (exact) mass is 283 g/mol. The second-order valence-electron chi connectivity index (χ2n) is 5.34. The second-order valence-corrected chi connectivity index (χ2v) is 5.34. The van der Waals surface area contributed by atoms with Gasteiger partial charge in [-0.2, -0.15) is 5.10 Å². The maximum Gasteiger partial charge on any atom is 0.317 e. The smallest absolute Gasteiger partial charge is 0.317 e. The number of amides is 2. The lowest BCUT2D eigenvalue weighted by Crippen LogP contribution is -2.43. The van der Waals surface area contributed by atoms with Crippen molar-refractivity contribution in [2.45, 2.75) is 19.1 Å². The van der Waals surface area contributed by atoms with E-state index >= 15 is 0 Å². The Morgan fingerprint density at radius 1 is 1.50 bits per heavy atom. The van der Waals surface area contributed by atoms with E-state index in [4.69, 9.17) is 0 Å². The fraction of sp³-hybridized carbons (Fsp3) is 0.692. The zero-order valence-electron chi connectivity index (χ0n) is 12.9. The van der Waals surface area contributed by atoms with Crippen LogP contribution in [0.15, 0.2) is 12.4 Å². The van der Waals surface area contributed by atoms with Crippen LogP contribution in [0.25, 0.3) is 0 Å². The highest BCUT2D eigenvalue weighted by molar-refractivity contribution is 5.73. The van der Waals surface area contributed by atoms with Crippen LogP contribution in [0.4, 0.5) is 4.79 Å². The summed E-state index contributed by atoms with van der Waals surface area (Å²) in [4.78, 5) is 15.4. The van der Waals surface area contributed by atoms with Gasteiger partial charge in [0, 0.05) is 38.9 Å². The van der Waals surface area contributed by atoms with Gasteiger partial charge in [0.2, 0.25) is 0 Å². The molecule has 1 heterocycles. The predicted octanol–water partition coefficient (Wildman–Crippen LogP) is 0.0450. The molecule has 1 rings (SSSR count). The number of aliphatic hydroxyl groups excluding tert-OH is 1. The Balaban J connectivity index is 2.58. The topological polar surface area (TPSA) is 73.6 Å². The number of aromatic nitrogens is 2. The van der Waals surface area contributed by atoms with Crippen LogP contribution in [0.1, 0.15) is 18.5 Å². The summed E-state index contributed by atoms with van der Waals surface area (Å²) in [5.74, 6) is 0. The number of nitrogens with zero attached hydrogens (tertiary/aromatic N) is 4. The van der Waals surface area contributed by atoms with Crippen molar-refractivity contribution < 1.29 is 9.90 Å². The molecule has 0 fully saturated rings. The van der Waals surface area contributed by atoms with Gasteiger partial charge in [-0.1, -0.05) is 0 Å². The number of likely N-dealkylation sites (N-methyl/N-ethyl adjacent to an activating group) is 2. The van der Waals surface area contributed by atoms with Crippen LogP contribution in [0.3, 0.4) is 0 Å². The number of nitrogens with one attached hydrogen (secondary N) is 1. The molecular weight excluding hydrogens is 258 g/mol. The van der Waals surface area contributed by atoms with Gasteiger partial charge in [-0.3, -0.25) is 4.68 Å². The quantitative estimate of drug-likeness (QED) is 0.773. The van der Waals surface area contributed by atoms with E-state index in [2.05, 4.69) is 10.4 Å². The highest BCUT2D eigenvalue weighted by Gasteiger charge is 2.18. The van der Waals surface area contributed by atoms with Gasteiger partial charge in [-0.15, -0.1) is 0 Å². The number of aliphatic hydroxyl groups is 1. The molecule has 2 N–H and O–H groups in total. The van der Waals surface area contributed by atoms with E-state index in [1.807, 2.05) is 32.2 Å². The van der Waals surface area contributed by atoms with Crippen LogP contribution in [0.5, 0.6) is 0 Å². The molecule has 0 radical (unpaired) electrons. The third-order valence-corrected chi connectivity index (χ3v) is 3.06. The molecule has 0 saturated heterocycles. The molecule has 0 bridgehead atoms. The number of rotatable bonds is 6. The predicted molar refractivity (Wildman–Crippen MR) is 77.3 cm³/mol. The number of carbonyl (C=O) groups excluding carboxylic acids is 1. The number of carbonyl (C=O) groups is 1. The van der Waals surface area contributed by atoms with Crippen molar-refractivity contribution in [1.82, 2.24) is 24.9 Å². The van der Waals surface area contributed by atoms with Crippen molar-refractivity contribution in [2.24, 2.45) is 7.05 Å². The van der Waals surface area contributed by atoms with Crippen molar-refractivity contribution in [2.75, 3.05) is 34.2 Å². The van der Waals surface area contributed by atoms with E-state index in [0.717, 1.165) is 5.56 Å². The lowest BCUT2D eigenvalue weighted by Gasteiger charge is -2.25. The molecule has 114 valence electrons. The van der Waals surface area contributed by atoms with Crippen molar-refractivity contribution >= 4 is 6.03 Å². The fourth-order valence-corrected chi connectivity index (χ4v) is 2.01. The van der Waals surface area contributed by atoms with Crippen molar-refractivity contribution in [3.63, 3.8) is 0 Å². The van der Waals surface area contributed by atoms with Crippen LogP contribution in [-0.4, -0.2) is 71.1 Å². The highest BCUT2D eigenvalue weighted by Crippen LogP contribution is 2.16. The molecular formula is C13H25N5O2. The van der Waals surface area contributed by atoms with Gasteiger partial charge in [0.1, 0.15) is 0 Å². The molecule has 0 aromatic carbocycles. The summed E-state index contributed by atoms with van der Waals surface area (Å²) in [6, 6.07) is -0.130. The Labute approximate surface area is 120 Å². The molecule has 0 aliphatic carbocycles. The molecule has 2 unspecified atom stereocenters. The molecule has 7 heteroatoms. The maximum atomic E-state index is 11.9. The molecule has 0 aliphatic rings. The minimum absolute atomic E-state index is 0.0626. The molecule has 0 spiro atoms. The standard InChI is InChI=1S/C13H25N5O2/c1-10(19)8-17(4)13(20)14-7-12(16(2)3)11-6-15-18(5)9-11/h6,9-10,12,19H,7-8H2,1-5H3,(H,14,20). The zero-order valence-corrected chi connectivity index (χ0v) is 12.9. The SMILES string of the molecule is CC(O)CN(C)C(=O)NCC(c1cnn(C)c1)N(C)C. The number of hydrogen-bond acceptors (Lipinski definition) is 4. The summed E-state index contributed by atoms with van der Waals surface area (Å²) >= 11 is 0. The summed E-state index contributed by atoms with van der Waals surface area (Å²) in [7, 11) is 7.45.